The fraction of sp³-hybridized carbons (Fsp3) is 0. The molecule has 0 fully saturated rings. The minimum absolute atomic E-state index is 0. The van der Waals surface area contributed by atoms with E-state index in [4.69, 9.17) is 19.8 Å². The van der Waals surface area contributed by atoms with Crippen molar-refractivity contribution >= 4 is 35.0 Å². The fourth-order valence-electron chi connectivity index (χ4n) is 0. The Labute approximate surface area is 69.2 Å². The molecule has 0 saturated carbocycles. The van der Waals surface area contributed by atoms with Crippen molar-refractivity contribution < 1.29 is 33.6 Å². The third kappa shape index (κ3) is 18.4. The first-order valence-electron chi connectivity index (χ1n) is 1.11. The largest absolute Gasteiger partial charge is 2.00 e. The smallest absolute Gasteiger partial charge is 1.00 e. The number of hydrogen-bond acceptors (Lipinski definition) is 2. The average Bonchev–Trinajstić information content (AvgIpc) is 1.36. The zero-order valence-corrected chi connectivity index (χ0v) is 5.83. The Kier molecular flexibility index (Phi) is 27.6. The molecule has 0 rings (SSSR count). The van der Waals surface area contributed by atoms with Crippen LogP contribution in [0.15, 0.2) is 0 Å². The van der Waals surface area contributed by atoms with Crippen molar-refractivity contribution in [2.45, 2.75) is 0 Å². The van der Waals surface area contributed by atoms with Crippen LogP contribution in [0.5, 0.6) is 0 Å². The van der Waals surface area contributed by atoms with Gasteiger partial charge in [-0.1, -0.05) is 0 Å². The number of carboxylic acid groups (broad SMARTS) is 2. The number of rotatable bonds is 0. The SMILES string of the molecule is O.O.O=C(O)C(=O)O.[H-].[H-].[Mg+2]. The minimum atomic E-state index is -1.82. The monoisotopic (exact) mass is 152 g/mol. The van der Waals surface area contributed by atoms with E-state index in [9.17, 15) is 0 Å². The number of carboxylic acids is 2. The molecule has 0 saturated heterocycles. The number of aliphatic carboxylic acids is 2. The van der Waals surface area contributed by atoms with E-state index in [1.54, 1.807) is 0 Å². The van der Waals surface area contributed by atoms with Crippen molar-refractivity contribution in [3.05, 3.63) is 0 Å². The van der Waals surface area contributed by atoms with Crippen molar-refractivity contribution in [3.63, 3.8) is 0 Å². The molecule has 0 aliphatic heterocycles. The maximum absolute atomic E-state index is 9.10. The van der Waals surface area contributed by atoms with Crippen LogP contribution in [0.4, 0.5) is 0 Å². The van der Waals surface area contributed by atoms with Crippen molar-refractivity contribution in [2.24, 2.45) is 0 Å². The summed E-state index contributed by atoms with van der Waals surface area (Å²) in [6.07, 6.45) is 0. The summed E-state index contributed by atoms with van der Waals surface area (Å²) in [7, 11) is 0. The molecule has 0 aromatic rings. The van der Waals surface area contributed by atoms with Crippen LogP contribution in [-0.4, -0.2) is 56.2 Å². The van der Waals surface area contributed by atoms with Crippen LogP contribution in [0.2, 0.25) is 0 Å². The second kappa shape index (κ2) is 10.6. The minimum Gasteiger partial charge on any atom is -1.00 e. The van der Waals surface area contributed by atoms with Crippen LogP contribution >= 0.6 is 0 Å². The molecule has 0 aliphatic carbocycles. The van der Waals surface area contributed by atoms with E-state index in [0.717, 1.165) is 0 Å². The molecule has 0 aromatic heterocycles. The standard InChI is InChI=1S/C2H2O4.Mg.2H2O.2H/c3-1(4)2(5)6;;;;;/h(H,3,4)(H,5,6);;2*1H2;;/q;+2;;;2*-1. The van der Waals surface area contributed by atoms with Crippen LogP contribution in [0.3, 0.4) is 0 Å². The summed E-state index contributed by atoms with van der Waals surface area (Å²) in [6.45, 7) is 0. The summed E-state index contributed by atoms with van der Waals surface area (Å²) in [6, 6.07) is 0. The molecule has 54 valence electrons. The average molecular weight is 152 g/mol. The fourth-order valence-corrected chi connectivity index (χ4v) is 0. The van der Waals surface area contributed by atoms with Gasteiger partial charge in [0, 0.05) is 0 Å². The summed E-state index contributed by atoms with van der Waals surface area (Å²) in [5.41, 5.74) is 0. The van der Waals surface area contributed by atoms with Gasteiger partial charge < -0.3 is 24.0 Å². The Morgan fingerprint density at radius 2 is 1.11 bits per heavy atom. The normalized spacial score (nSPS) is 4.89. The molecule has 0 heterocycles. The molecule has 0 amide bonds. The van der Waals surface area contributed by atoms with Crippen molar-refractivity contribution in [1.29, 1.82) is 0 Å². The first-order valence-corrected chi connectivity index (χ1v) is 1.11. The second-order valence-corrected chi connectivity index (χ2v) is 0.610. The summed E-state index contributed by atoms with van der Waals surface area (Å²) in [4.78, 5) is 18.2. The third-order valence-corrected chi connectivity index (χ3v) is 0.183. The summed E-state index contributed by atoms with van der Waals surface area (Å²) in [5.74, 6) is -3.65. The molecule has 9 heavy (non-hydrogen) atoms. The topological polar surface area (TPSA) is 138 Å². The van der Waals surface area contributed by atoms with Gasteiger partial charge in [0.05, 0.1) is 0 Å². The molecular formula is C2H8MgO6. The van der Waals surface area contributed by atoms with Crippen molar-refractivity contribution in [1.82, 2.24) is 0 Å². The number of hydrogen-bond donors (Lipinski definition) is 2. The van der Waals surface area contributed by atoms with Gasteiger partial charge in [-0.2, -0.15) is 0 Å². The molecule has 7 heteroatoms. The maximum atomic E-state index is 9.10. The van der Waals surface area contributed by atoms with Crippen molar-refractivity contribution in [2.75, 3.05) is 0 Å². The van der Waals surface area contributed by atoms with Crippen LogP contribution < -0.4 is 0 Å². The maximum Gasteiger partial charge on any atom is 2.00 e. The second-order valence-electron chi connectivity index (χ2n) is 0.610. The zero-order valence-electron chi connectivity index (χ0n) is 6.42. The molecule has 0 atom stereocenters. The molecular weight excluding hydrogens is 144 g/mol. The quantitative estimate of drug-likeness (QED) is 0.289. The summed E-state index contributed by atoms with van der Waals surface area (Å²) in [5, 5.41) is 14.8. The molecule has 0 bridgehead atoms. The Bertz CT molecular complexity index is 84.6. The Morgan fingerprint density at radius 3 is 1.11 bits per heavy atom. The van der Waals surface area contributed by atoms with E-state index in [0.29, 0.717) is 0 Å². The van der Waals surface area contributed by atoms with Gasteiger partial charge in [-0.05, 0) is 0 Å². The van der Waals surface area contributed by atoms with Crippen LogP contribution in [0.1, 0.15) is 2.85 Å². The third-order valence-electron chi connectivity index (χ3n) is 0.183. The molecule has 6 nitrogen and oxygen atoms in total. The van der Waals surface area contributed by atoms with E-state index >= 15 is 0 Å². The molecule has 0 radical (unpaired) electrons. The van der Waals surface area contributed by atoms with E-state index in [1.165, 1.54) is 0 Å². The zero-order chi connectivity index (χ0) is 5.15. The van der Waals surface area contributed by atoms with Crippen molar-refractivity contribution in [3.8, 4) is 0 Å². The molecule has 0 aromatic carbocycles. The van der Waals surface area contributed by atoms with Gasteiger partial charge in [-0.15, -0.1) is 0 Å². The van der Waals surface area contributed by atoms with Gasteiger partial charge in [-0.3, -0.25) is 0 Å². The van der Waals surface area contributed by atoms with Gasteiger partial charge >= 0.3 is 35.0 Å². The number of carbonyl (C=O) groups is 2. The summed E-state index contributed by atoms with van der Waals surface area (Å²) < 4.78 is 0. The van der Waals surface area contributed by atoms with Gasteiger partial charge in [0.1, 0.15) is 0 Å². The first kappa shape index (κ1) is 23.4. The Hall–Kier alpha value is -0.374. The van der Waals surface area contributed by atoms with Gasteiger partial charge in [0.25, 0.3) is 0 Å². The Morgan fingerprint density at radius 1 is 1.00 bits per heavy atom. The van der Waals surface area contributed by atoms with E-state index in [1.807, 2.05) is 0 Å². The van der Waals surface area contributed by atoms with Crippen LogP contribution in [-0.2, 0) is 9.59 Å². The molecule has 0 spiro atoms. The summed E-state index contributed by atoms with van der Waals surface area (Å²) >= 11 is 0. The van der Waals surface area contributed by atoms with Gasteiger partial charge in [-0.25, -0.2) is 9.59 Å². The predicted octanol–water partition coefficient (Wildman–Crippen LogP) is -2.65. The predicted molar refractivity (Wildman–Crippen MR) is 30.5 cm³/mol. The van der Waals surface area contributed by atoms with Crippen LogP contribution in [0.25, 0.3) is 0 Å². The Balaban J connectivity index is -0.0000000125. The first-order chi connectivity index (χ1) is 2.64. The van der Waals surface area contributed by atoms with E-state index < -0.39 is 11.9 Å². The van der Waals surface area contributed by atoms with Crippen LogP contribution in [0, 0.1) is 0 Å². The molecule has 0 unspecified atom stereocenters. The van der Waals surface area contributed by atoms with E-state index in [2.05, 4.69) is 0 Å². The van der Waals surface area contributed by atoms with E-state index in [-0.39, 0.29) is 36.9 Å². The van der Waals surface area contributed by atoms with Gasteiger partial charge in [0.2, 0.25) is 0 Å². The molecule has 6 N–H and O–H groups in total. The molecule has 0 aliphatic rings. The van der Waals surface area contributed by atoms with Gasteiger partial charge in [0.15, 0.2) is 0 Å².